The first-order valence-corrected chi connectivity index (χ1v) is 3.48. The molecule has 0 aromatic heterocycles. The van der Waals surface area contributed by atoms with Gasteiger partial charge in [-0.15, -0.1) is 0 Å². The Bertz CT molecular complexity index is 154. The molecule has 0 atom stereocenters. The van der Waals surface area contributed by atoms with Crippen LogP contribution in [0.5, 0.6) is 0 Å². The van der Waals surface area contributed by atoms with E-state index in [0.29, 0.717) is 0 Å². The van der Waals surface area contributed by atoms with Crippen LogP contribution < -0.4 is 5.73 Å². The van der Waals surface area contributed by atoms with Crippen LogP contribution in [0.1, 0.15) is 26.2 Å². The molecule has 0 aliphatic heterocycles. The summed E-state index contributed by atoms with van der Waals surface area (Å²) in [4.78, 5) is 0. The Morgan fingerprint density at radius 2 is 2.44 bits per heavy atom. The second-order valence-corrected chi connectivity index (χ2v) is 2.40. The monoisotopic (exact) mass is 123 g/mol. The average molecular weight is 123 g/mol. The Morgan fingerprint density at radius 3 is 2.89 bits per heavy atom. The lowest BCUT2D eigenvalue weighted by Gasteiger charge is -2.07. The first-order chi connectivity index (χ1) is 4.33. The topological polar surface area (TPSA) is 26.0 Å². The lowest BCUT2D eigenvalue weighted by molar-refractivity contribution is 0.880. The molecule has 9 heavy (non-hydrogen) atoms. The molecule has 0 bridgehead atoms. The third-order valence-corrected chi connectivity index (χ3v) is 1.67. The fourth-order valence-electron chi connectivity index (χ4n) is 1.07. The van der Waals surface area contributed by atoms with Crippen molar-refractivity contribution >= 4 is 0 Å². The van der Waals surface area contributed by atoms with Gasteiger partial charge in [-0.2, -0.15) is 0 Å². The van der Waals surface area contributed by atoms with Gasteiger partial charge in [-0.1, -0.05) is 18.6 Å². The van der Waals surface area contributed by atoms with Gasteiger partial charge < -0.3 is 5.73 Å². The fourth-order valence-corrected chi connectivity index (χ4v) is 1.07. The summed E-state index contributed by atoms with van der Waals surface area (Å²) in [5.41, 5.74) is 8.01. The Kier molecular flexibility index (Phi) is 1.93. The van der Waals surface area contributed by atoms with E-state index in [0.717, 1.165) is 18.5 Å². The Labute approximate surface area is 56.2 Å². The zero-order valence-electron chi connectivity index (χ0n) is 5.85. The third-order valence-electron chi connectivity index (χ3n) is 1.67. The molecule has 0 saturated heterocycles. The van der Waals surface area contributed by atoms with E-state index in [1.807, 2.05) is 0 Å². The molecule has 0 unspecified atom stereocenters. The van der Waals surface area contributed by atoms with Crippen molar-refractivity contribution in [1.29, 1.82) is 0 Å². The highest BCUT2D eigenvalue weighted by Crippen LogP contribution is 2.16. The van der Waals surface area contributed by atoms with E-state index < -0.39 is 0 Å². The molecule has 1 aliphatic carbocycles. The van der Waals surface area contributed by atoms with Gasteiger partial charge in [0.25, 0.3) is 0 Å². The quantitative estimate of drug-likeness (QED) is 0.566. The summed E-state index contributed by atoms with van der Waals surface area (Å²) < 4.78 is 0. The van der Waals surface area contributed by atoms with Crippen molar-refractivity contribution in [2.75, 3.05) is 0 Å². The molecule has 1 aliphatic rings. The molecule has 1 nitrogen and oxygen atoms in total. The summed E-state index contributed by atoms with van der Waals surface area (Å²) in [5, 5.41) is 0. The largest absolute Gasteiger partial charge is 0.399 e. The van der Waals surface area contributed by atoms with Crippen LogP contribution >= 0.6 is 0 Å². The van der Waals surface area contributed by atoms with Crippen molar-refractivity contribution < 1.29 is 0 Å². The van der Waals surface area contributed by atoms with Crippen molar-refractivity contribution in [3.05, 3.63) is 23.4 Å². The minimum absolute atomic E-state index is 0.943. The number of hydrogen-bond acceptors (Lipinski definition) is 1. The van der Waals surface area contributed by atoms with Crippen molar-refractivity contribution in [2.45, 2.75) is 26.2 Å². The number of rotatable bonds is 1. The van der Waals surface area contributed by atoms with Gasteiger partial charge >= 0.3 is 0 Å². The zero-order chi connectivity index (χ0) is 6.69. The van der Waals surface area contributed by atoms with Crippen molar-refractivity contribution in [3.63, 3.8) is 0 Å². The molecule has 0 fully saturated rings. The van der Waals surface area contributed by atoms with Gasteiger partial charge in [0.1, 0.15) is 0 Å². The van der Waals surface area contributed by atoms with E-state index in [1.165, 1.54) is 12.0 Å². The lowest BCUT2D eigenvalue weighted by Crippen LogP contribution is -1.99. The summed E-state index contributed by atoms with van der Waals surface area (Å²) in [6, 6.07) is 0. The fraction of sp³-hybridized carbons (Fsp3) is 0.500. The molecule has 50 valence electrons. The van der Waals surface area contributed by atoms with E-state index in [1.54, 1.807) is 0 Å². The van der Waals surface area contributed by atoms with Gasteiger partial charge in [-0.25, -0.2) is 0 Å². The zero-order valence-corrected chi connectivity index (χ0v) is 5.85. The Hall–Kier alpha value is -0.720. The highest BCUT2D eigenvalue weighted by Gasteiger charge is 1.98. The Morgan fingerprint density at radius 1 is 1.67 bits per heavy atom. The number of allylic oxidation sites excluding steroid dienone is 3. The molecule has 0 heterocycles. The molecule has 1 rings (SSSR count). The molecule has 2 N–H and O–H groups in total. The summed E-state index contributed by atoms with van der Waals surface area (Å²) in [6.07, 6.45) is 7.65. The van der Waals surface area contributed by atoms with Gasteiger partial charge in [0, 0.05) is 5.70 Å². The first-order valence-electron chi connectivity index (χ1n) is 3.48. The standard InChI is InChI=1S/C8H13N/c1-2-7-4-3-5-8(9)6-7/h5-6H,2-4,9H2,1H3. The molecule has 1 heteroatoms. The summed E-state index contributed by atoms with van der Waals surface area (Å²) in [7, 11) is 0. The van der Waals surface area contributed by atoms with Gasteiger partial charge in [0.15, 0.2) is 0 Å². The maximum absolute atomic E-state index is 5.59. The predicted molar refractivity (Wildman–Crippen MR) is 39.9 cm³/mol. The lowest BCUT2D eigenvalue weighted by atomic mass is 10.0. The van der Waals surface area contributed by atoms with Crippen LogP contribution in [-0.2, 0) is 0 Å². The van der Waals surface area contributed by atoms with Crippen LogP contribution in [0.2, 0.25) is 0 Å². The molecular formula is C8H13N. The van der Waals surface area contributed by atoms with E-state index in [4.69, 9.17) is 5.73 Å². The smallest absolute Gasteiger partial charge is 0.0273 e. The molecular weight excluding hydrogens is 110 g/mol. The molecule has 0 radical (unpaired) electrons. The van der Waals surface area contributed by atoms with Crippen LogP contribution in [0.4, 0.5) is 0 Å². The number of hydrogen-bond donors (Lipinski definition) is 1. The maximum Gasteiger partial charge on any atom is 0.0273 e. The van der Waals surface area contributed by atoms with Crippen LogP contribution in [0.3, 0.4) is 0 Å². The molecule has 0 aromatic carbocycles. The van der Waals surface area contributed by atoms with Gasteiger partial charge in [0.05, 0.1) is 0 Å². The van der Waals surface area contributed by atoms with Crippen LogP contribution in [0.15, 0.2) is 23.4 Å². The van der Waals surface area contributed by atoms with E-state index in [9.17, 15) is 0 Å². The van der Waals surface area contributed by atoms with Crippen LogP contribution in [0.25, 0.3) is 0 Å². The van der Waals surface area contributed by atoms with E-state index in [2.05, 4.69) is 19.1 Å². The van der Waals surface area contributed by atoms with Gasteiger partial charge in [-0.05, 0) is 25.3 Å². The normalized spacial score (nSPS) is 18.8. The second kappa shape index (κ2) is 2.72. The van der Waals surface area contributed by atoms with Crippen LogP contribution in [0, 0.1) is 0 Å². The molecule has 0 saturated carbocycles. The summed E-state index contributed by atoms with van der Waals surface area (Å²) in [5.74, 6) is 0. The summed E-state index contributed by atoms with van der Waals surface area (Å²) in [6.45, 7) is 2.17. The van der Waals surface area contributed by atoms with Crippen LogP contribution in [-0.4, -0.2) is 0 Å². The second-order valence-electron chi connectivity index (χ2n) is 2.40. The molecule has 0 aromatic rings. The average Bonchev–Trinajstić information content (AvgIpc) is 1.88. The number of nitrogens with two attached hydrogens (primary N) is 1. The molecule has 0 amide bonds. The highest BCUT2D eigenvalue weighted by molar-refractivity contribution is 5.24. The van der Waals surface area contributed by atoms with Crippen molar-refractivity contribution in [1.82, 2.24) is 0 Å². The van der Waals surface area contributed by atoms with Crippen molar-refractivity contribution in [3.8, 4) is 0 Å². The predicted octanol–water partition coefficient (Wildman–Crippen LogP) is 1.96. The summed E-state index contributed by atoms with van der Waals surface area (Å²) >= 11 is 0. The maximum atomic E-state index is 5.59. The van der Waals surface area contributed by atoms with E-state index >= 15 is 0 Å². The SMILES string of the molecule is CCC1=CC(N)=CCC1. The third kappa shape index (κ3) is 1.60. The van der Waals surface area contributed by atoms with Gasteiger partial charge in [-0.3, -0.25) is 0 Å². The molecule has 0 spiro atoms. The van der Waals surface area contributed by atoms with Crippen molar-refractivity contribution in [2.24, 2.45) is 5.73 Å². The van der Waals surface area contributed by atoms with Gasteiger partial charge in [0.2, 0.25) is 0 Å². The minimum Gasteiger partial charge on any atom is -0.399 e. The Balaban J connectivity index is 2.63. The minimum atomic E-state index is 0.943. The first kappa shape index (κ1) is 6.40. The van der Waals surface area contributed by atoms with E-state index in [-0.39, 0.29) is 0 Å². The highest BCUT2D eigenvalue weighted by atomic mass is 14.6.